The van der Waals surface area contributed by atoms with Gasteiger partial charge >= 0.3 is 11.9 Å². The maximum Gasteiger partial charge on any atom is 0.339 e. The summed E-state index contributed by atoms with van der Waals surface area (Å²) in [6.07, 6.45) is 2.45. The number of rotatable bonds is 5. The molecule has 29 heavy (non-hydrogen) atoms. The summed E-state index contributed by atoms with van der Waals surface area (Å²) in [7, 11) is 0. The number of fused-ring (bicyclic) bond motifs is 1. The molecule has 0 fully saturated rings. The van der Waals surface area contributed by atoms with Gasteiger partial charge in [0, 0.05) is 0 Å². The van der Waals surface area contributed by atoms with Crippen LogP contribution in [-0.2, 0) is 22.5 Å². The van der Waals surface area contributed by atoms with E-state index in [1.54, 1.807) is 24.3 Å². The summed E-state index contributed by atoms with van der Waals surface area (Å²) >= 11 is 0. The molecule has 0 saturated heterocycles. The summed E-state index contributed by atoms with van der Waals surface area (Å²) in [5, 5.41) is 0. The minimum absolute atomic E-state index is 0.152. The third kappa shape index (κ3) is 4.37. The van der Waals surface area contributed by atoms with Gasteiger partial charge in [-0.15, -0.1) is 0 Å². The number of hydrogen-bond donors (Lipinski definition) is 0. The normalized spacial score (nSPS) is 15.2. The molecule has 4 rings (SSSR count). The second-order valence-corrected chi connectivity index (χ2v) is 7.09. The number of aryl methyl sites for hydroxylation is 1. The number of hydrogen-bond acceptors (Lipinski definition) is 4. The largest absolute Gasteiger partial charge is 0.457 e. The van der Waals surface area contributed by atoms with Crippen LogP contribution >= 0.6 is 0 Å². The molecule has 0 aliphatic heterocycles. The van der Waals surface area contributed by atoms with Crippen molar-refractivity contribution in [2.75, 3.05) is 0 Å². The number of carbonyl (C=O) groups is 2. The first-order valence-corrected chi connectivity index (χ1v) is 9.81. The van der Waals surface area contributed by atoms with Crippen LogP contribution in [0.4, 0.5) is 0 Å². The van der Waals surface area contributed by atoms with E-state index in [0.29, 0.717) is 0 Å². The average Bonchev–Trinajstić information content (AvgIpc) is 2.78. The zero-order valence-corrected chi connectivity index (χ0v) is 16.0. The molecule has 3 aromatic rings. The fraction of sp³-hybridized carbons (Fsp3) is 0.200. The fourth-order valence-electron chi connectivity index (χ4n) is 3.66. The number of benzene rings is 3. The van der Waals surface area contributed by atoms with E-state index in [9.17, 15) is 9.59 Å². The zero-order chi connectivity index (χ0) is 20.1. The van der Waals surface area contributed by atoms with Crippen LogP contribution in [-0.4, -0.2) is 11.9 Å². The summed E-state index contributed by atoms with van der Waals surface area (Å²) < 4.78 is 11.2. The van der Waals surface area contributed by atoms with Gasteiger partial charge in [-0.1, -0.05) is 66.7 Å². The quantitative estimate of drug-likeness (QED) is 0.560. The predicted molar refractivity (Wildman–Crippen MR) is 110 cm³/mol. The first-order valence-electron chi connectivity index (χ1n) is 9.81. The van der Waals surface area contributed by atoms with Crippen LogP contribution < -0.4 is 0 Å². The standard InChI is InChI=1S/C25H22O4/c26-24(28-17-18-9-2-1-3-10-18)21-14-6-7-15-22(21)25(27)29-23-16-8-12-19-11-4-5-13-20(19)23/h1-7,9-11,13-15,23H,8,12,16-17H2. The van der Waals surface area contributed by atoms with Crippen molar-refractivity contribution in [3.05, 3.63) is 107 Å². The molecule has 0 saturated carbocycles. The van der Waals surface area contributed by atoms with Crippen LogP contribution in [0.5, 0.6) is 0 Å². The average molecular weight is 386 g/mol. The monoisotopic (exact) mass is 386 g/mol. The van der Waals surface area contributed by atoms with Crippen LogP contribution in [0.25, 0.3) is 0 Å². The SMILES string of the molecule is O=C(OCc1ccccc1)c1ccccc1C(=O)OC1CCCc2ccccc21. The molecule has 1 aliphatic carbocycles. The molecule has 3 aromatic carbocycles. The maximum atomic E-state index is 12.9. The number of ether oxygens (including phenoxy) is 2. The van der Waals surface area contributed by atoms with Crippen molar-refractivity contribution in [2.45, 2.75) is 32.0 Å². The molecule has 1 atom stereocenters. The van der Waals surface area contributed by atoms with Crippen molar-refractivity contribution in [3.8, 4) is 0 Å². The van der Waals surface area contributed by atoms with Crippen molar-refractivity contribution in [1.82, 2.24) is 0 Å². The highest BCUT2D eigenvalue weighted by Gasteiger charge is 2.26. The van der Waals surface area contributed by atoms with Crippen LogP contribution in [0.2, 0.25) is 0 Å². The van der Waals surface area contributed by atoms with Gasteiger partial charge in [-0.25, -0.2) is 9.59 Å². The van der Waals surface area contributed by atoms with E-state index in [0.717, 1.165) is 30.4 Å². The van der Waals surface area contributed by atoms with Crippen LogP contribution in [0.1, 0.15) is 56.4 Å². The molecular formula is C25H22O4. The molecule has 0 heterocycles. The highest BCUT2D eigenvalue weighted by molar-refractivity contribution is 6.03. The summed E-state index contributed by atoms with van der Waals surface area (Å²) in [5.41, 5.74) is 3.61. The Bertz CT molecular complexity index is 1010. The molecule has 1 aliphatic rings. The molecule has 0 radical (unpaired) electrons. The third-order valence-corrected chi connectivity index (χ3v) is 5.14. The van der Waals surface area contributed by atoms with Crippen molar-refractivity contribution in [3.63, 3.8) is 0 Å². The Kier molecular flexibility index (Phi) is 5.71. The lowest BCUT2D eigenvalue weighted by Gasteiger charge is -2.25. The highest BCUT2D eigenvalue weighted by atomic mass is 16.5. The van der Waals surface area contributed by atoms with E-state index in [1.807, 2.05) is 48.5 Å². The van der Waals surface area contributed by atoms with Gasteiger partial charge in [0.25, 0.3) is 0 Å². The van der Waals surface area contributed by atoms with Crippen molar-refractivity contribution in [1.29, 1.82) is 0 Å². The lowest BCUT2D eigenvalue weighted by atomic mass is 9.89. The molecule has 4 nitrogen and oxygen atoms in total. The molecular weight excluding hydrogens is 364 g/mol. The summed E-state index contributed by atoms with van der Waals surface area (Å²) in [4.78, 5) is 25.5. The first-order chi connectivity index (χ1) is 14.2. The lowest BCUT2D eigenvalue weighted by Crippen LogP contribution is -2.19. The Hall–Kier alpha value is -3.40. The highest BCUT2D eigenvalue weighted by Crippen LogP contribution is 2.33. The molecule has 1 unspecified atom stereocenters. The molecule has 4 heteroatoms. The Balaban J connectivity index is 1.49. The smallest absolute Gasteiger partial charge is 0.339 e. The first kappa shape index (κ1) is 18.9. The molecule has 0 aromatic heterocycles. The van der Waals surface area contributed by atoms with Gasteiger partial charge in [-0.3, -0.25) is 0 Å². The van der Waals surface area contributed by atoms with Gasteiger partial charge in [0.1, 0.15) is 12.7 Å². The third-order valence-electron chi connectivity index (χ3n) is 5.14. The van der Waals surface area contributed by atoms with Crippen molar-refractivity contribution >= 4 is 11.9 Å². The van der Waals surface area contributed by atoms with E-state index in [2.05, 4.69) is 6.07 Å². The number of esters is 2. The Morgan fingerprint density at radius 3 is 2.24 bits per heavy atom. The minimum atomic E-state index is -0.537. The molecule has 146 valence electrons. The van der Waals surface area contributed by atoms with E-state index >= 15 is 0 Å². The lowest BCUT2D eigenvalue weighted by molar-refractivity contribution is 0.0246. The van der Waals surface area contributed by atoms with E-state index in [4.69, 9.17) is 9.47 Å². The second kappa shape index (κ2) is 8.74. The Morgan fingerprint density at radius 1 is 0.793 bits per heavy atom. The van der Waals surface area contributed by atoms with E-state index in [-0.39, 0.29) is 23.8 Å². The van der Waals surface area contributed by atoms with E-state index < -0.39 is 11.9 Å². The summed E-state index contributed by atoms with van der Waals surface area (Å²) in [5.74, 6) is -1.04. The van der Waals surface area contributed by atoms with Gasteiger partial charge in [-0.2, -0.15) is 0 Å². The summed E-state index contributed by atoms with van der Waals surface area (Å²) in [6.45, 7) is 0.152. The molecule has 0 amide bonds. The summed E-state index contributed by atoms with van der Waals surface area (Å²) in [6, 6.07) is 24.1. The van der Waals surface area contributed by atoms with Crippen LogP contribution in [0.15, 0.2) is 78.9 Å². The van der Waals surface area contributed by atoms with Crippen molar-refractivity contribution in [2.24, 2.45) is 0 Å². The molecule has 0 spiro atoms. The van der Waals surface area contributed by atoms with E-state index in [1.165, 1.54) is 5.56 Å². The van der Waals surface area contributed by atoms with Gasteiger partial charge < -0.3 is 9.47 Å². The van der Waals surface area contributed by atoms with Gasteiger partial charge in [0.15, 0.2) is 0 Å². The van der Waals surface area contributed by atoms with Gasteiger partial charge in [0.05, 0.1) is 11.1 Å². The van der Waals surface area contributed by atoms with Gasteiger partial charge in [0.2, 0.25) is 0 Å². The fourth-order valence-corrected chi connectivity index (χ4v) is 3.66. The predicted octanol–water partition coefficient (Wildman–Crippen LogP) is 5.28. The maximum absolute atomic E-state index is 12.9. The number of carbonyl (C=O) groups excluding carboxylic acids is 2. The topological polar surface area (TPSA) is 52.6 Å². The second-order valence-electron chi connectivity index (χ2n) is 7.09. The Labute approximate surface area is 170 Å². The Morgan fingerprint density at radius 2 is 1.45 bits per heavy atom. The minimum Gasteiger partial charge on any atom is -0.457 e. The zero-order valence-electron chi connectivity index (χ0n) is 16.0. The van der Waals surface area contributed by atoms with Crippen LogP contribution in [0.3, 0.4) is 0 Å². The van der Waals surface area contributed by atoms with Crippen LogP contribution in [0, 0.1) is 0 Å². The van der Waals surface area contributed by atoms with Gasteiger partial charge in [-0.05, 0) is 48.1 Å². The molecule has 0 N–H and O–H groups in total. The van der Waals surface area contributed by atoms with Crippen molar-refractivity contribution < 1.29 is 19.1 Å². The molecule has 0 bridgehead atoms.